The fourth-order valence-electron chi connectivity index (χ4n) is 0.958. The zero-order chi connectivity index (χ0) is 6.69. The van der Waals surface area contributed by atoms with Crippen molar-refractivity contribution >= 4 is 19.2 Å². The van der Waals surface area contributed by atoms with E-state index in [1.54, 1.807) is 0 Å². The van der Waals surface area contributed by atoms with Crippen LogP contribution in [0, 0.1) is 0 Å². The summed E-state index contributed by atoms with van der Waals surface area (Å²) in [4.78, 5) is 0. The van der Waals surface area contributed by atoms with Crippen molar-refractivity contribution in [2.24, 2.45) is 0 Å². The highest BCUT2D eigenvalue weighted by Crippen LogP contribution is 2.18. The van der Waals surface area contributed by atoms with Crippen molar-refractivity contribution in [1.29, 1.82) is 0 Å². The SMILES string of the molecule is CC[SiH](Cl)C1=CC=CC1. The molecular formula is C7H11ClSi. The van der Waals surface area contributed by atoms with Gasteiger partial charge in [0.25, 0.3) is 0 Å². The lowest BCUT2D eigenvalue weighted by Crippen LogP contribution is -2.03. The molecule has 0 N–H and O–H groups in total. The molecule has 9 heavy (non-hydrogen) atoms. The lowest BCUT2D eigenvalue weighted by atomic mass is 10.5. The Hall–Kier alpha value is -0.0131. The van der Waals surface area contributed by atoms with E-state index in [2.05, 4.69) is 25.2 Å². The first-order chi connectivity index (χ1) is 4.34. The van der Waals surface area contributed by atoms with E-state index in [0.29, 0.717) is 0 Å². The Morgan fingerprint density at radius 1 is 1.78 bits per heavy atom. The number of hydrogen-bond donors (Lipinski definition) is 0. The molecule has 0 aliphatic heterocycles. The van der Waals surface area contributed by atoms with Crippen LogP contribution >= 0.6 is 11.1 Å². The molecule has 0 aromatic rings. The molecule has 0 spiro atoms. The monoisotopic (exact) mass is 158 g/mol. The summed E-state index contributed by atoms with van der Waals surface area (Å²) >= 11 is 6.10. The van der Waals surface area contributed by atoms with Crippen LogP contribution in [0.3, 0.4) is 0 Å². The van der Waals surface area contributed by atoms with E-state index in [0.717, 1.165) is 6.42 Å². The third kappa shape index (κ3) is 1.70. The number of rotatable bonds is 2. The van der Waals surface area contributed by atoms with E-state index < -0.39 is 8.11 Å². The number of allylic oxidation sites excluding steroid dienone is 4. The van der Waals surface area contributed by atoms with Gasteiger partial charge in [0.05, 0.1) is 0 Å². The molecule has 0 aromatic carbocycles. The Bertz CT molecular complexity index is 149. The van der Waals surface area contributed by atoms with E-state index in [1.165, 1.54) is 11.2 Å². The van der Waals surface area contributed by atoms with Crippen molar-refractivity contribution in [3.63, 3.8) is 0 Å². The van der Waals surface area contributed by atoms with Crippen molar-refractivity contribution in [3.8, 4) is 0 Å². The summed E-state index contributed by atoms with van der Waals surface area (Å²) in [5.41, 5.74) is 0. The maximum Gasteiger partial charge on any atom is 0.167 e. The number of halogens is 1. The minimum Gasteiger partial charge on any atom is -0.166 e. The Morgan fingerprint density at radius 2 is 2.56 bits per heavy atom. The van der Waals surface area contributed by atoms with Crippen molar-refractivity contribution < 1.29 is 0 Å². The summed E-state index contributed by atoms with van der Waals surface area (Å²) < 4.78 is 0. The summed E-state index contributed by atoms with van der Waals surface area (Å²) in [6.07, 6.45) is 7.57. The normalized spacial score (nSPS) is 20.0. The summed E-state index contributed by atoms with van der Waals surface area (Å²) in [5, 5.41) is 1.50. The Morgan fingerprint density at radius 3 is 3.00 bits per heavy atom. The van der Waals surface area contributed by atoms with E-state index in [9.17, 15) is 0 Å². The molecule has 0 bridgehead atoms. The van der Waals surface area contributed by atoms with Gasteiger partial charge in [-0.05, 0) is 12.5 Å². The highest BCUT2D eigenvalue weighted by molar-refractivity contribution is 7.11. The van der Waals surface area contributed by atoms with Crippen LogP contribution in [0.4, 0.5) is 0 Å². The molecule has 1 atom stereocenters. The molecule has 0 saturated heterocycles. The molecule has 0 radical (unpaired) electrons. The van der Waals surface area contributed by atoms with E-state index >= 15 is 0 Å². The van der Waals surface area contributed by atoms with Gasteiger partial charge in [0, 0.05) is 0 Å². The molecule has 1 rings (SSSR count). The van der Waals surface area contributed by atoms with Gasteiger partial charge in [-0.25, -0.2) is 0 Å². The molecule has 2 heteroatoms. The summed E-state index contributed by atoms with van der Waals surface area (Å²) in [5.74, 6) is 0. The Kier molecular flexibility index (Phi) is 2.55. The topological polar surface area (TPSA) is 0 Å². The minimum absolute atomic E-state index is 0.963. The third-order valence-corrected chi connectivity index (χ3v) is 5.28. The van der Waals surface area contributed by atoms with Gasteiger partial charge in [0.15, 0.2) is 8.11 Å². The molecule has 1 unspecified atom stereocenters. The van der Waals surface area contributed by atoms with Crippen molar-refractivity contribution in [2.75, 3.05) is 0 Å². The number of hydrogen-bond acceptors (Lipinski definition) is 0. The van der Waals surface area contributed by atoms with Crippen LogP contribution in [0.5, 0.6) is 0 Å². The van der Waals surface area contributed by atoms with Gasteiger partial charge in [-0.2, -0.15) is 11.1 Å². The van der Waals surface area contributed by atoms with Gasteiger partial charge in [-0.1, -0.05) is 30.3 Å². The van der Waals surface area contributed by atoms with Crippen LogP contribution in [0.15, 0.2) is 23.4 Å². The van der Waals surface area contributed by atoms with Gasteiger partial charge >= 0.3 is 0 Å². The second-order valence-electron chi connectivity index (χ2n) is 2.25. The maximum atomic E-state index is 6.10. The van der Waals surface area contributed by atoms with Gasteiger partial charge in [-0.3, -0.25) is 0 Å². The first kappa shape index (κ1) is 7.10. The molecule has 1 aliphatic rings. The molecule has 1 aliphatic carbocycles. The lowest BCUT2D eigenvalue weighted by Gasteiger charge is -2.02. The van der Waals surface area contributed by atoms with Crippen LogP contribution in [0.1, 0.15) is 13.3 Å². The van der Waals surface area contributed by atoms with Crippen LogP contribution < -0.4 is 0 Å². The van der Waals surface area contributed by atoms with Crippen LogP contribution in [0.2, 0.25) is 6.04 Å². The third-order valence-electron chi connectivity index (χ3n) is 1.56. The molecule has 0 saturated carbocycles. The molecule has 50 valence electrons. The van der Waals surface area contributed by atoms with Gasteiger partial charge in [0.2, 0.25) is 0 Å². The summed E-state index contributed by atoms with van der Waals surface area (Å²) in [6.45, 7) is 2.17. The summed E-state index contributed by atoms with van der Waals surface area (Å²) in [6, 6.07) is 1.18. The highest BCUT2D eigenvalue weighted by atomic mass is 35.6. The molecule has 0 nitrogen and oxygen atoms in total. The van der Waals surface area contributed by atoms with Gasteiger partial charge in [0.1, 0.15) is 0 Å². The quantitative estimate of drug-likeness (QED) is 0.428. The molecule has 0 aromatic heterocycles. The van der Waals surface area contributed by atoms with Crippen molar-refractivity contribution in [3.05, 3.63) is 23.4 Å². The predicted octanol–water partition coefficient (Wildman–Crippen LogP) is 2.39. The molecule has 0 heterocycles. The van der Waals surface area contributed by atoms with Crippen LogP contribution in [-0.4, -0.2) is 8.11 Å². The zero-order valence-electron chi connectivity index (χ0n) is 5.60. The minimum atomic E-state index is -0.963. The molecule has 0 amide bonds. The van der Waals surface area contributed by atoms with E-state index in [4.69, 9.17) is 11.1 Å². The standard InChI is InChI=1S/C7H11ClSi/c1-2-9(8)7-5-3-4-6-7/h3-5,9H,2,6H2,1H3. The first-order valence-electron chi connectivity index (χ1n) is 3.34. The molecule has 0 fully saturated rings. The Labute approximate surface area is 62.5 Å². The zero-order valence-corrected chi connectivity index (χ0v) is 7.51. The fourth-order valence-corrected chi connectivity index (χ4v) is 2.68. The van der Waals surface area contributed by atoms with Gasteiger partial charge in [-0.15, -0.1) is 0 Å². The van der Waals surface area contributed by atoms with E-state index in [-0.39, 0.29) is 0 Å². The summed E-state index contributed by atoms with van der Waals surface area (Å²) in [7, 11) is -0.963. The average Bonchev–Trinajstić information content (AvgIpc) is 2.37. The van der Waals surface area contributed by atoms with Crippen molar-refractivity contribution in [1.82, 2.24) is 0 Å². The Balaban J connectivity index is 2.45. The average molecular weight is 159 g/mol. The largest absolute Gasteiger partial charge is 0.167 e. The fraction of sp³-hybridized carbons (Fsp3) is 0.429. The van der Waals surface area contributed by atoms with Crippen LogP contribution in [0.25, 0.3) is 0 Å². The van der Waals surface area contributed by atoms with E-state index in [1.807, 2.05) is 0 Å². The second kappa shape index (κ2) is 3.23. The van der Waals surface area contributed by atoms with Gasteiger partial charge < -0.3 is 0 Å². The smallest absolute Gasteiger partial charge is 0.166 e. The highest BCUT2D eigenvalue weighted by Gasteiger charge is 2.10. The molecular weight excluding hydrogens is 148 g/mol. The second-order valence-corrected chi connectivity index (χ2v) is 6.32. The van der Waals surface area contributed by atoms with Crippen LogP contribution in [-0.2, 0) is 0 Å². The van der Waals surface area contributed by atoms with Crippen molar-refractivity contribution in [2.45, 2.75) is 19.4 Å². The maximum absolute atomic E-state index is 6.10. The predicted molar refractivity (Wildman–Crippen MR) is 45.3 cm³/mol. The lowest BCUT2D eigenvalue weighted by molar-refractivity contribution is 1.35. The first-order valence-corrected chi connectivity index (χ1v) is 6.48.